The third-order valence-electron chi connectivity index (χ3n) is 6.34. The molecule has 6 nitrogen and oxygen atoms in total. The molecule has 0 saturated heterocycles. The normalized spacial score (nSPS) is 19.4. The number of aliphatic hydroxyl groups is 1. The lowest BCUT2D eigenvalue weighted by Gasteiger charge is -2.32. The van der Waals surface area contributed by atoms with E-state index in [0.717, 1.165) is 25.7 Å². The van der Waals surface area contributed by atoms with Gasteiger partial charge in [0.05, 0.1) is 18.7 Å². The van der Waals surface area contributed by atoms with E-state index in [1.54, 1.807) is 42.3 Å². The predicted molar refractivity (Wildman–Crippen MR) is 120 cm³/mol. The minimum atomic E-state index is -0.758. The number of rotatable bonds is 5. The van der Waals surface area contributed by atoms with Crippen molar-refractivity contribution in [2.45, 2.75) is 37.8 Å². The number of amides is 1. The number of para-hydroxylation sites is 1. The molecule has 1 atom stereocenters. The van der Waals surface area contributed by atoms with Crippen molar-refractivity contribution in [2.24, 2.45) is 0 Å². The van der Waals surface area contributed by atoms with Gasteiger partial charge in [-0.2, -0.15) is 0 Å². The molecule has 32 heavy (non-hydrogen) atoms. The molecule has 2 aliphatic rings. The lowest BCUT2D eigenvalue weighted by atomic mass is 9.93. The Morgan fingerprint density at radius 3 is 2.66 bits per heavy atom. The summed E-state index contributed by atoms with van der Waals surface area (Å²) < 4.78 is 11.3. The molecule has 1 saturated carbocycles. The second-order valence-electron chi connectivity index (χ2n) is 8.18. The van der Waals surface area contributed by atoms with Gasteiger partial charge in [0.15, 0.2) is 11.5 Å². The van der Waals surface area contributed by atoms with Gasteiger partial charge in [0, 0.05) is 22.0 Å². The molecule has 1 N–H and O–H groups in total. The van der Waals surface area contributed by atoms with Gasteiger partial charge in [-0.05, 0) is 43.2 Å². The van der Waals surface area contributed by atoms with Gasteiger partial charge in [-0.15, -0.1) is 0 Å². The first kappa shape index (κ1) is 20.6. The maximum Gasteiger partial charge on any atom is 0.290 e. The van der Waals surface area contributed by atoms with E-state index in [9.17, 15) is 14.7 Å². The van der Waals surface area contributed by atoms with E-state index in [1.165, 1.54) is 0 Å². The fourth-order valence-electron chi connectivity index (χ4n) is 4.87. The molecule has 0 radical (unpaired) electrons. The number of carbonyl (C=O) groups excluding carboxylic acids is 2. The fourth-order valence-corrected chi connectivity index (χ4v) is 5.05. The topological polar surface area (TPSA) is 80.0 Å². The Balaban J connectivity index is 1.64. The van der Waals surface area contributed by atoms with E-state index >= 15 is 0 Å². The van der Waals surface area contributed by atoms with E-state index in [1.807, 2.05) is 18.2 Å². The Labute approximate surface area is 190 Å². The number of fused-ring (bicyclic) bond motifs is 1. The first-order valence-corrected chi connectivity index (χ1v) is 11.0. The number of hydrogen-bond acceptors (Lipinski definition) is 5. The molecule has 1 aliphatic heterocycles. The third kappa shape index (κ3) is 3.26. The van der Waals surface area contributed by atoms with Crippen LogP contribution in [0.5, 0.6) is 5.75 Å². The van der Waals surface area contributed by atoms with E-state index in [-0.39, 0.29) is 17.4 Å². The summed E-state index contributed by atoms with van der Waals surface area (Å²) in [6, 6.07) is 13.1. The summed E-state index contributed by atoms with van der Waals surface area (Å²) in [5.41, 5.74) is 1.17. The van der Waals surface area contributed by atoms with Gasteiger partial charge in [0.25, 0.3) is 5.91 Å². The van der Waals surface area contributed by atoms with Crippen molar-refractivity contribution in [1.82, 2.24) is 4.90 Å². The summed E-state index contributed by atoms with van der Waals surface area (Å²) >= 11 is 6.06. The lowest BCUT2D eigenvalue weighted by molar-refractivity contribution is -0.131. The summed E-state index contributed by atoms with van der Waals surface area (Å²) in [4.78, 5) is 28.5. The van der Waals surface area contributed by atoms with Gasteiger partial charge in [0.2, 0.25) is 5.78 Å². The molecular weight excluding hydrogens is 430 g/mol. The molecular formula is C25H22ClNO5. The second kappa shape index (κ2) is 8.02. The maximum atomic E-state index is 13.6. The standard InChI is InChI=1S/C25H22ClNO5/c1-31-19-9-5-4-8-17(19)22-21(24(29)25(30)27(22)16-6-2-3-7-16)23(28)20-13-14-12-15(26)10-11-18(14)32-20/h4-5,8-13,16,22,29H,2-3,6-7H2,1H3. The minimum absolute atomic E-state index is 0.0107. The van der Waals surface area contributed by atoms with Crippen LogP contribution in [0.3, 0.4) is 0 Å². The average Bonchev–Trinajstić information content (AvgIpc) is 3.52. The molecule has 2 aromatic carbocycles. The number of nitrogens with zero attached hydrogens (tertiary/aromatic N) is 1. The first-order valence-electron chi connectivity index (χ1n) is 10.6. The number of Topliss-reactive ketones (excluding diaryl/α,β-unsaturated/α-hetero) is 1. The van der Waals surface area contributed by atoms with Crippen molar-refractivity contribution in [3.8, 4) is 5.75 Å². The molecule has 164 valence electrons. The average molecular weight is 452 g/mol. The highest BCUT2D eigenvalue weighted by Gasteiger charge is 2.48. The highest BCUT2D eigenvalue weighted by atomic mass is 35.5. The zero-order chi connectivity index (χ0) is 22.4. The largest absolute Gasteiger partial charge is 0.503 e. The van der Waals surface area contributed by atoms with Crippen LogP contribution in [0.2, 0.25) is 5.02 Å². The highest BCUT2D eigenvalue weighted by molar-refractivity contribution is 6.31. The van der Waals surface area contributed by atoms with Crippen LogP contribution in [-0.4, -0.2) is 34.8 Å². The van der Waals surface area contributed by atoms with Crippen LogP contribution in [0.4, 0.5) is 0 Å². The molecule has 0 bridgehead atoms. The maximum absolute atomic E-state index is 13.6. The van der Waals surface area contributed by atoms with Crippen molar-refractivity contribution in [1.29, 1.82) is 0 Å². The monoisotopic (exact) mass is 451 g/mol. The molecule has 2 heterocycles. The molecule has 7 heteroatoms. The number of hydrogen-bond donors (Lipinski definition) is 1. The van der Waals surface area contributed by atoms with Gasteiger partial charge in [-0.1, -0.05) is 42.6 Å². The van der Waals surface area contributed by atoms with Crippen molar-refractivity contribution in [2.75, 3.05) is 7.11 Å². The Hall–Kier alpha value is -3.25. The van der Waals surface area contributed by atoms with E-state index in [0.29, 0.717) is 27.3 Å². The van der Waals surface area contributed by atoms with Gasteiger partial charge >= 0.3 is 0 Å². The molecule has 1 aliphatic carbocycles. The summed E-state index contributed by atoms with van der Waals surface area (Å²) in [6.07, 6.45) is 3.66. The number of methoxy groups -OCH3 is 1. The van der Waals surface area contributed by atoms with Crippen molar-refractivity contribution >= 4 is 34.3 Å². The van der Waals surface area contributed by atoms with Crippen LogP contribution in [0.1, 0.15) is 47.8 Å². The molecule has 0 spiro atoms. The third-order valence-corrected chi connectivity index (χ3v) is 6.58. The van der Waals surface area contributed by atoms with Crippen LogP contribution in [0.25, 0.3) is 11.0 Å². The molecule has 1 aromatic heterocycles. The number of benzene rings is 2. The van der Waals surface area contributed by atoms with Crippen LogP contribution in [-0.2, 0) is 4.79 Å². The minimum Gasteiger partial charge on any atom is -0.503 e. The van der Waals surface area contributed by atoms with Gasteiger partial charge in [-0.3, -0.25) is 9.59 Å². The molecule has 1 fully saturated rings. The molecule has 1 unspecified atom stereocenters. The first-order chi connectivity index (χ1) is 15.5. The zero-order valence-corrected chi connectivity index (χ0v) is 18.3. The SMILES string of the molecule is COc1ccccc1C1C(C(=O)c2cc3cc(Cl)ccc3o2)=C(O)C(=O)N1C1CCCC1. The fraction of sp³-hybridized carbons (Fsp3) is 0.280. The van der Waals surface area contributed by atoms with Crippen LogP contribution in [0.15, 0.2) is 64.3 Å². The molecule has 1 amide bonds. The van der Waals surface area contributed by atoms with Gasteiger partial charge in [0.1, 0.15) is 11.3 Å². The number of carbonyl (C=O) groups is 2. The summed E-state index contributed by atoms with van der Waals surface area (Å²) in [5.74, 6) is -0.999. The zero-order valence-electron chi connectivity index (χ0n) is 17.5. The number of ketones is 1. The molecule has 5 rings (SSSR count). The Bertz CT molecular complexity index is 1250. The number of furan rings is 1. The number of ether oxygens (including phenoxy) is 1. The van der Waals surface area contributed by atoms with Crippen molar-refractivity contribution in [3.05, 3.63) is 76.2 Å². The van der Waals surface area contributed by atoms with Crippen molar-refractivity contribution < 1.29 is 23.8 Å². The van der Waals surface area contributed by atoms with E-state index in [2.05, 4.69) is 0 Å². The van der Waals surface area contributed by atoms with E-state index < -0.39 is 23.5 Å². The smallest absolute Gasteiger partial charge is 0.290 e. The van der Waals surface area contributed by atoms with Gasteiger partial charge < -0.3 is 19.2 Å². The molecule has 3 aromatic rings. The summed E-state index contributed by atoms with van der Waals surface area (Å²) in [7, 11) is 1.55. The summed E-state index contributed by atoms with van der Waals surface area (Å²) in [6.45, 7) is 0. The van der Waals surface area contributed by atoms with Crippen molar-refractivity contribution in [3.63, 3.8) is 0 Å². The van der Waals surface area contributed by atoms with Crippen LogP contribution in [0, 0.1) is 0 Å². The second-order valence-corrected chi connectivity index (χ2v) is 8.62. The van der Waals surface area contributed by atoms with Gasteiger partial charge in [-0.25, -0.2) is 0 Å². The number of halogens is 1. The van der Waals surface area contributed by atoms with E-state index in [4.69, 9.17) is 20.8 Å². The Kier molecular flexibility index (Phi) is 5.18. The quantitative estimate of drug-likeness (QED) is 0.509. The van der Waals surface area contributed by atoms with Crippen LogP contribution >= 0.6 is 11.6 Å². The summed E-state index contributed by atoms with van der Waals surface area (Å²) in [5, 5.41) is 12.1. The van der Waals surface area contributed by atoms with Crippen LogP contribution < -0.4 is 4.74 Å². The Morgan fingerprint density at radius 1 is 1.16 bits per heavy atom. The lowest BCUT2D eigenvalue weighted by Crippen LogP contribution is -2.38. The number of aliphatic hydroxyl groups excluding tert-OH is 1. The Morgan fingerprint density at radius 2 is 1.91 bits per heavy atom. The predicted octanol–water partition coefficient (Wildman–Crippen LogP) is 5.62. The highest BCUT2D eigenvalue weighted by Crippen LogP contribution is 2.46.